The summed E-state index contributed by atoms with van der Waals surface area (Å²) in [5, 5.41) is 12.1. The van der Waals surface area contributed by atoms with Crippen LogP contribution in [0.2, 0.25) is 0 Å². The predicted molar refractivity (Wildman–Crippen MR) is 169 cm³/mol. The SMILES string of the molecule is CC#Cc1cc(F)c([C@H](CC(=O)O)NC(=O)[C@H](CC(C)C)n2cc(CC3COC3)c(C(F)(F)F)cc2=O)c(F)c1-c1c(C)cc(F)cc1C. The van der Waals surface area contributed by atoms with E-state index in [1.165, 1.54) is 20.8 Å². The van der Waals surface area contributed by atoms with Crippen LogP contribution in [-0.4, -0.2) is 34.8 Å². The van der Waals surface area contributed by atoms with Crippen LogP contribution >= 0.6 is 0 Å². The smallest absolute Gasteiger partial charge is 0.416 e. The van der Waals surface area contributed by atoms with Gasteiger partial charge in [0.15, 0.2) is 0 Å². The van der Waals surface area contributed by atoms with Crippen LogP contribution in [0.5, 0.6) is 0 Å². The van der Waals surface area contributed by atoms with E-state index in [1.54, 1.807) is 13.8 Å². The maximum atomic E-state index is 16.7. The Morgan fingerprint density at radius 1 is 1.06 bits per heavy atom. The van der Waals surface area contributed by atoms with Gasteiger partial charge >= 0.3 is 12.1 Å². The van der Waals surface area contributed by atoms with Gasteiger partial charge in [-0.3, -0.25) is 14.4 Å². The van der Waals surface area contributed by atoms with Gasteiger partial charge in [-0.1, -0.05) is 19.8 Å². The van der Waals surface area contributed by atoms with E-state index in [-0.39, 0.29) is 71.3 Å². The normalized spacial score (nSPS) is 14.5. The molecule has 1 saturated heterocycles. The third kappa shape index (κ3) is 8.36. The quantitative estimate of drug-likeness (QED) is 0.166. The second kappa shape index (κ2) is 14.9. The molecule has 49 heavy (non-hydrogen) atoms. The zero-order chi connectivity index (χ0) is 36.4. The van der Waals surface area contributed by atoms with E-state index in [1.807, 2.05) is 0 Å². The third-order valence-electron chi connectivity index (χ3n) is 8.32. The van der Waals surface area contributed by atoms with Crippen molar-refractivity contribution < 1.29 is 45.8 Å². The number of hydrogen-bond acceptors (Lipinski definition) is 4. The van der Waals surface area contributed by atoms with E-state index < -0.39 is 70.7 Å². The molecule has 7 nitrogen and oxygen atoms in total. The van der Waals surface area contributed by atoms with Gasteiger partial charge in [0.1, 0.15) is 23.5 Å². The van der Waals surface area contributed by atoms with Crippen molar-refractivity contribution in [3.05, 3.63) is 91.6 Å². The number of aryl methyl sites for hydroxylation is 2. The molecule has 0 spiro atoms. The molecular weight excluding hydrogens is 654 g/mol. The van der Waals surface area contributed by atoms with Gasteiger partial charge in [-0.2, -0.15) is 13.2 Å². The number of hydrogen-bond donors (Lipinski definition) is 2. The van der Waals surface area contributed by atoms with Gasteiger partial charge in [0, 0.05) is 34.9 Å². The third-order valence-corrected chi connectivity index (χ3v) is 8.32. The van der Waals surface area contributed by atoms with Crippen LogP contribution in [0.25, 0.3) is 11.1 Å². The molecule has 1 aliphatic heterocycles. The number of ether oxygens (including phenoxy) is 1. The number of carboxylic acids is 1. The van der Waals surface area contributed by atoms with E-state index in [2.05, 4.69) is 17.2 Å². The number of carboxylic acid groups (broad SMARTS) is 1. The highest BCUT2D eigenvalue weighted by atomic mass is 19.4. The summed E-state index contributed by atoms with van der Waals surface area (Å²) in [4.78, 5) is 39.1. The lowest BCUT2D eigenvalue weighted by Gasteiger charge is -2.29. The molecule has 2 aromatic carbocycles. The second-order valence-electron chi connectivity index (χ2n) is 12.7. The van der Waals surface area contributed by atoms with Crippen LogP contribution in [0.1, 0.15) is 79.1 Å². The lowest BCUT2D eigenvalue weighted by atomic mass is 9.88. The van der Waals surface area contributed by atoms with E-state index >= 15 is 8.78 Å². The Morgan fingerprint density at radius 2 is 1.69 bits per heavy atom. The number of rotatable bonds is 11. The fourth-order valence-corrected chi connectivity index (χ4v) is 6.17. The van der Waals surface area contributed by atoms with Crippen LogP contribution < -0.4 is 10.9 Å². The van der Waals surface area contributed by atoms with Gasteiger partial charge in [-0.15, -0.1) is 5.92 Å². The van der Waals surface area contributed by atoms with Crippen LogP contribution in [0, 0.1) is 55.0 Å². The highest BCUT2D eigenvalue weighted by Gasteiger charge is 2.37. The molecule has 4 rings (SSSR count). The van der Waals surface area contributed by atoms with Crippen LogP contribution in [-0.2, 0) is 26.9 Å². The van der Waals surface area contributed by atoms with E-state index in [9.17, 15) is 37.1 Å². The van der Waals surface area contributed by atoms with Crippen molar-refractivity contribution in [1.29, 1.82) is 0 Å². The topological polar surface area (TPSA) is 97.6 Å². The van der Waals surface area contributed by atoms with Crippen molar-refractivity contribution >= 4 is 11.9 Å². The summed E-state index contributed by atoms with van der Waals surface area (Å²) in [7, 11) is 0. The first-order chi connectivity index (χ1) is 22.9. The number of nitrogens with one attached hydrogen (secondary N) is 1. The molecule has 3 aromatic rings. The number of benzene rings is 2. The molecule has 13 heteroatoms. The molecule has 2 atom stereocenters. The van der Waals surface area contributed by atoms with Crippen LogP contribution in [0.3, 0.4) is 0 Å². The average molecular weight is 691 g/mol. The molecular formula is C36H36F6N2O5. The summed E-state index contributed by atoms with van der Waals surface area (Å²) in [6.07, 6.45) is -5.05. The molecule has 1 fully saturated rings. The minimum Gasteiger partial charge on any atom is -0.481 e. The highest BCUT2D eigenvalue weighted by molar-refractivity contribution is 5.83. The second-order valence-corrected chi connectivity index (χ2v) is 12.7. The summed E-state index contributed by atoms with van der Waals surface area (Å²) >= 11 is 0. The molecule has 2 heterocycles. The largest absolute Gasteiger partial charge is 0.481 e. The number of carbonyl (C=O) groups excluding carboxylic acids is 1. The van der Waals surface area contributed by atoms with Crippen molar-refractivity contribution in [3.8, 4) is 23.0 Å². The number of pyridine rings is 1. The van der Waals surface area contributed by atoms with Gasteiger partial charge in [-0.05, 0) is 80.0 Å². The lowest BCUT2D eigenvalue weighted by Crippen LogP contribution is -2.41. The van der Waals surface area contributed by atoms with E-state index in [0.29, 0.717) is 6.07 Å². The Kier molecular flexibility index (Phi) is 11.3. The number of nitrogens with zero attached hydrogens (tertiary/aromatic N) is 1. The molecule has 2 N–H and O–H groups in total. The molecule has 1 amide bonds. The monoisotopic (exact) mass is 690 g/mol. The first kappa shape index (κ1) is 37.3. The van der Waals surface area contributed by atoms with Crippen molar-refractivity contribution in [2.75, 3.05) is 13.2 Å². The lowest BCUT2D eigenvalue weighted by molar-refractivity contribution is -0.139. The number of aliphatic carboxylic acids is 1. The van der Waals surface area contributed by atoms with E-state index in [0.717, 1.165) is 29.0 Å². The highest BCUT2D eigenvalue weighted by Crippen LogP contribution is 2.39. The van der Waals surface area contributed by atoms with Crippen LogP contribution in [0.15, 0.2) is 35.3 Å². The Labute approximate surface area is 279 Å². The number of halogens is 6. The molecule has 0 radical (unpaired) electrons. The summed E-state index contributed by atoms with van der Waals surface area (Å²) in [6, 6.07) is 0.302. The van der Waals surface area contributed by atoms with Gasteiger partial charge in [0.25, 0.3) is 5.56 Å². The molecule has 0 unspecified atom stereocenters. The maximum absolute atomic E-state index is 16.7. The molecule has 0 aliphatic carbocycles. The molecule has 1 aromatic heterocycles. The first-order valence-electron chi connectivity index (χ1n) is 15.6. The summed E-state index contributed by atoms with van der Waals surface area (Å²) in [5.41, 5.74) is -2.90. The van der Waals surface area contributed by atoms with Crippen molar-refractivity contribution in [2.24, 2.45) is 11.8 Å². The fourth-order valence-electron chi connectivity index (χ4n) is 6.17. The van der Waals surface area contributed by atoms with Crippen molar-refractivity contribution in [2.45, 2.75) is 72.1 Å². The summed E-state index contributed by atoms with van der Waals surface area (Å²) in [5.74, 6) is -0.962. The summed E-state index contributed by atoms with van der Waals surface area (Å²) in [6.45, 7) is 8.31. The Bertz CT molecular complexity index is 1860. The zero-order valence-corrected chi connectivity index (χ0v) is 27.5. The zero-order valence-electron chi connectivity index (χ0n) is 27.5. The van der Waals surface area contributed by atoms with Gasteiger partial charge in [0.05, 0.1) is 31.2 Å². The maximum Gasteiger partial charge on any atom is 0.416 e. The van der Waals surface area contributed by atoms with E-state index in [4.69, 9.17) is 4.74 Å². The van der Waals surface area contributed by atoms with Crippen molar-refractivity contribution in [1.82, 2.24) is 9.88 Å². The number of aromatic nitrogens is 1. The Morgan fingerprint density at radius 3 is 2.20 bits per heavy atom. The minimum absolute atomic E-state index is 0.0821. The predicted octanol–water partition coefficient (Wildman–Crippen LogP) is 7.05. The fraction of sp³-hybridized carbons (Fsp3) is 0.417. The summed E-state index contributed by atoms with van der Waals surface area (Å²) < 4.78 is 94.5. The first-order valence-corrected chi connectivity index (χ1v) is 15.6. The van der Waals surface area contributed by atoms with Crippen molar-refractivity contribution in [3.63, 3.8) is 0 Å². The Hall–Kier alpha value is -4.57. The molecule has 1 aliphatic rings. The van der Waals surface area contributed by atoms with Gasteiger partial charge < -0.3 is 19.7 Å². The molecule has 262 valence electrons. The van der Waals surface area contributed by atoms with Gasteiger partial charge in [0.2, 0.25) is 5.91 Å². The molecule has 0 saturated carbocycles. The van der Waals surface area contributed by atoms with Crippen LogP contribution in [0.4, 0.5) is 26.3 Å². The Balaban J connectivity index is 1.87. The number of alkyl halides is 3. The number of amides is 1. The minimum atomic E-state index is -4.86. The van der Waals surface area contributed by atoms with Gasteiger partial charge in [-0.25, -0.2) is 13.2 Å². The number of carbonyl (C=O) groups is 2. The standard InChI is InChI=1S/C36H36F6N2O5/c1-6-7-22-12-26(38)33(34(39)32(22)31-19(4)9-24(37)10-20(31)5)27(14-30(46)47)43-35(48)28(8-18(2)3)44-15-23(11-21-16-49-17-21)25(13-29(44)45)36(40,41)42/h9-10,12-13,15,18,21,27-28H,8,11,14,16-17H2,1-5H3,(H,43,48)(H,46,47)/t27-,28-/m0/s1. The molecule has 0 bridgehead atoms. The average Bonchev–Trinajstić information content (AvgIpc) is 2.94.